The van der Waals surface area contributed by atoms with Gasteiger partial charge in [-0.05, 0) is 17.7 Å². The maximum atomic E-state index is 10.2. The van der Waals surface area contributed by atoms with Gasteiger partial charge in [0.15, 0.2) is 0 Å². The average Bonchev–Trinajstić information content (AvgIpc) is 2.01. The van der Waals surface area contributed by atoms with E-state index in [-0.39, 0.29) is 0 Å². The highest BCUT2D eigenvalue weighted by Gasteiger charge is 1.94. The van der Waals surface area contributed by atoms with E-state index in [2.05, 4.69) is 4.72 Å². The third-order valence-corrected chi connectivity index (χ3v) is 1.74. The first kappa shape index (κ1) is 9.18. The minimum absolute atomic E-state index is 0.341. The van der Waals surface area contributed by atoms with E-state index in [9.17, 15) is 4.21 Å². The van der Waals surface area contributed by atoms with Crippen molar-refractivity contribution in [3.63, 3.8) is 0 Å². The molecule has 4 nitrogen and oxygen atoms in total. The number of rotatable bonds is 3. The molecule has 0 fully saturated rings. The number of hydrogen-bond acceptors (Lipinski definition) is 2. The molecule has 66 valence electrons. The van der Waals surface area contributed by atoms with Gasteiger partial charge in [0.25, 0.3) is 0 Å². The van der Waals surface area contributed by atoms with Crippen molar-refractivity contribution in [3.05, 3.63) is 29.8 Å². The quantitative estimate of drug-likeness (QED) is 0.475. The fourth-order valence-corrected chi connectivity index (χ4v) is 1.14. The first-order chi connectivity index (χ1) is 5.68. The highest BCUT2D eigenvalue weighted by molar-refractivity contribution is 7.77. The zero-order valence-corrected chi connectivity index (χ0v) is 7.17. The van der Waals surface area contributed by atoms with Crippen LogP contribution < -0.4 is 10.5 Å². The second-order valence-corrected chi connectivity index (χ2v) is 3.10. The lowest BCUT2D eigenvalue weighted by Gasteiger charge is -2.00. The maximum Gasteiger partial charge on any atom is 0.232 e. The monoisotopic (exact) mass is 186 g/mol. The Kier molecular flexibility index (Phi) is 3.21. The van der Waals surface area contributed by atoms with Crippen LogP contribution in [-0.2, 0) is 17.8 Å². The average molecular weight is 186 g/mol. The first-order valence-electron chi connectivity index (χ1n) is 3.37. The Morgan fingerprint density at radius 2 is 2.33 bits per heavy atom. The Morgan fingerprint density at radius 1 is 1.58 bits per heavy atom. The number of nitrogen functional groups attached to an aromatic ring is 1. The third kappa shape index (κ3) is 3.00. The fraction of sp³-hybridized carbons (Fsp3) is 0.143. The molecule has 0 saturated carbocycles. The van der Waals surface area contributed by atoms with Crippen molar-refractivity contribution in [2.75, 3.05) is 5.73 Å². The van der Waals surface area contributed by atoms with E-state index in [0.29, 0.717) is 12.2 Å². The van der Waals surface area contributed by atoms with Crippen LogP contribution in [0.3, 0.4) is 0 Å². The van der Waals surface area contributed by atoms with Crippen LogP contribution in [0.2, 0.25) is 0 Å². The minimum Gasteiger partial charge on any atom is -0.399 e. The molecule has 0 bridgehead atoms. The molecule has 0 saturated heterocycles. The normalized spacial score (nSPS) is 12.8. The van der Waals surface area contributed by atoms with Crippen LogP contribution in [-0.4, -0.2) is 8.76 Å². The summed E-state index contributed by atoms with van der Waals surface area (Å²) < 4.78 is 21.0. The molecule has 12 heavy (non-hydrogen) atoms. The van der Waals surface area contributed by atoms with Crippen LogP contribution in [0.25, 0.3) is 0 Å². The molecule has 5 heteroatoms. The fourth-order valence-electron chi connectivity index (χ4n) is 0.848. The minimum atomic E-state index is -1.96. The summed E-state index contributed by atoms with van der Waals surface area (Å²) in [6, 6.07) is 7.14. The van der Waals surface area contributed by atoms with Crippen molar-refractivity contribution in [3.8, 4) is 0 Å². The molecule has 0 aromatic heterocycles. The van der Waals surface area contributed by atoms with Gasteiger partial charge in [-0.1, -0.05) is 12.1 Å². The topological polar surface area (TPSA) is 75.3 Å². The molecular formula is C7H10N2O2S. The number of benzene rings is 1. The summed E-state index contributed by atoms with van der Waals surface area (Å²) in [6.45, 7) is 0.341. The lowest BCUT2D eigenvalue weighted by Crippen LogP contribution is -2.15. The molecule has 1 aromatic rings. The summed E-state index contributed by atoms with van der Waals surface area (Å²) in [7, 11) is 0. The zero-order chi connectivity index (χ0) is 8.97. The van der Waals surface area contributed by atoms with Crippen LogP contribution in [0.4, 0.5) is 5.69 Å². The van der Waals surface area contributed by atoms with Gasteiger partial charge >= 0.3 is 0 Å². The third-order valence-electron chi connectivity index (χ3n) is 1.35. The van der Waals surface area contributed by atoms with E-state index < -0.39 is 11.3 Å². The lowest BCUT2D eigenvalue weighted by molar-refractivity contribution is 0.548. The maximum absolute atomic E-state index is 10.2. The Hall–Kier alpha value is -0.910. The van der Waals surface area contributed by atoms with Gasteiger partial charge in [0.1, 0.15) is 0 Å². The smallest absolute Gasteiger partial charge is 0.232 e. The van der Waals surface area contributed by atoms with Gasteiger partial charge in [0.05, 0.1) is 0 Å². The molecule has 1 rings (SSSR count). The second kappa shape index (κ2) is 4.20. The second-order valence-electron chi connectivity index (χ2n) is 2.32. The molecule has 0 aliphatic rings. The van der Waals surface area contributed by atoms with Crippen molar-refractivity contribution >= 4 is 17.0 Å². The Bertz CT molecular complexity index is 290. The number of nitrogens with two attached hydrogens (primary N) is 1. The number of hydrogen-bond donors (Lipinski definition) is 3. The van der Waals surface area contributed by atoms with E-state index in [1.807, 2.05) is 6.07 Å². The van der Waals surface area contributed by atoms with Gasteiger partial charge in [-0.3, -0.25) is 4.55 Å². The molecule has 1 atom stereocenters. The van der Waals surface area contributed by atoms with Crippen molar-refractivity contribution in [1.29, 1.82) is 0 Å². The van der Waals surface area contributed by atoms with Crippen LogP contribution in [0, 0.1) is 0 Å². The molecule has 1 aromatic carbocycles. The zero-order valence-electron chi connectivity index (χ0n) is 6.36. The predicted octanol–water partition coefficient (Wildman–Crippen LogP) is 0.495. The molecule has 0 aliphatic carbocycles. The van der Waals surface area contributed by atoms with Gasteiger partial charge in [-0.2, -0.15) is 0 Å². The van der Waals surface area contributed by atoms with E-state index in [1.54, 1.807) is 18.2 Å². The Morgan fingerprint density at radius 3 is 2.92 bits per heavy atom. The summed E-state index contributed by atoms with van der Waals surface area (Å²) in [5.41, 5.74) is 7.04. The SMILES string of the molecule is Nc1cccc(CNS(=O)O)c1. The lowest BCUT2D eigenvalue weighted by atomic mass is 10.2. The molecule has 0 spiro atoms. The van der Waals surface area contributed by atoms with Gasteiger partial charge in [0, 0.05) is 12.2 Å². The summed E-state index contributed by atoms with van der Waals surface area (Å²) in [6.07, 6.45) is 0. The summed E-state index contributed by atoms with van der Waals surface area (Å²) in [5, 5.41) is 0. The molecule has 0 amide bonds. The summed E-state index contributed by atoms with van der Waals surface area (Å²) >= 11 is -1.96. The van der Waals surface area contributed by atoms with Crippen LogP contribution in [0.15, 0.2) is 24.3 Å². The molecule has 0 aliphatic heterocycles. The summed E-state index contributed by atoms with van der Waals surface area (Å²) in [5.74, 6) is 0. The van der Waals surface area contributed by atoms with Gasteiger partial charge in [-0.15, -0.1) is 0 Å². The van der Waals surface area contributed by atoms with Gasteiger partial charge in [0.2, 0.25) is 11.3 Å². The van der Waals surface area contributed by atoms with Crippen LogP contribution in [0.5, 0.6) is 0 Å². The van der Waals surface area contributed by atoms with E-state index in [0.717, 1.165) is 5.56 Å². The standard InChI is InChI=1S/C7H10N2O2S/c8-7-3-1-2-6(4-7)5-9-12(10)11/h1-4,9H,5,8H2,(H,10,11). The largest absolute Gasteiger partial charge is 0.399 e. The summed E-state index contributed by atoms with van der Waals surface area (Å²) in [4.78, 5) is 0. The molecular weight excluding hydrogens is 176 g/mol. The highest BCUT2D eigenvalue weighted by Crippen LogP contribution is 2.05. The first-order valence-corrected chi connectivity index (χ1v) is 4.48. The molecule has 4 N–H and O–H groups in total. The van der Waals surface area contributed by atoms with Crippen molar-refractivity contribution in [2.24, 2.45) is 0 Å². The highest BCUT2D eigenvalue weighted by atomic mass is 32.2. The van der Waals surface area contributed by atoms with Crippen molar-refractivity contribution in [1.82, 2.24) is 4.72 Å². The van der Waals surface area contributed by atoms with Crippen molar-refractivity contribution in [2.45, 2.75) is 6.54 Å². The number of nitrogens with one attached hydrogen (secondary N) is 1. The van der Waals surface area contributed by atoms with E-state index in [4.69, 9.17) is 10.3 Å². The van der Waals surface area contributed by atoms with E-state index >= 15 is 0 Å². The Balaban J connectivity index is 2.57. The van der Waals surface area contributed by atoms with Gasteiger partial charge in [-0.25, -0.2) is 8.93 Å². The van der Waals surface area contributed by atoms with E-state index in [1.165, 1.54) is 0 Å². The predicted molar refractivity (Wildman–Crippen MR) is 48.5 cm³/mol. The van der Waals surface area contributed by atoms with Gasteiger partial charge < -0.3 is 5.73 Å². The molecule has 1 unspecified atom stereocenters. The van der Waals surface area contributed by atoms with Crippen LogP contribution >= 0.6 is 0 Å². The number of anilines is 1. The molecule has 0 heterocycles. The van der Waals surface area contributed by atoms with Crippen molar-refractivity contribution < 1.29 is 8.76 Å². The van der Waals surface area contributed by atoms with Crippen LogP contribution in [0.1, 0.15) is 5.56 Å². The Labute approximate surface area is 73.2 Å². The molecule has 0 radical (unpaired) electrons.